The van der Waals surface area contributed by atoms with Gasteiger partial charge in [0, 0.05) is 42.7 Å². The van der Waals surface area contributed by atoms with Crippen LogP contribution < -0.4 is 10.6 Å². The topological polar surface area (TPSA) is 44.4 Å². The van der Waals surface area contributed by atoms with Gasteiger partial charge in [-0.25, -0.2) is 0 Å². The molecule has 2 heterocycles. The third-order valence-electron chi connectivity index (χ3n) is 5.14. The van der Waals surface area contributed by atoms with Crippen molar-refractivity contribution >= 4 is 48.2 Å². The SMILES string of the molecule is Cc1c(CN2CCSCC2)cccc1NC(=O)C(C)C1CNC1.Cl.Cl. The molecular weight excluding hydrogens is 377 g/mol. The monoisotopic (exact) mass is 405 g/mol. The zero-order chi connectivity index (χ0) is 16.2. The lowest BCUT2D eigenvalue weighted by molar-refractivity contribution is -0.121. The van der Waals surface area contributed by atoms with E-state index in [4.69, 9.17) is 0 Å². The molecule has 0 aliphatic carbocycles. The third kappa shape index (κ3) is 5.76. The highest BCUT2D eigenvalue weighted by Crippen LogP contribution is 2.24. The molecule has 7 heteroatoms. The van der Waals surface area contributed by atoms with Crippen LogP contribution in [0.2, 0.25) is 0 Å². The highest BCUT2D eigenvalue weighted by Gasteiger charge is 2.29. The van der Waals surface area contributed by atoms with Crippen LogP contribution in [0.4, 0.5) is 5.69 Å². The molecule has 2 N–H and O–H groups in total. The number of rotatable bonds is 5. The highest BCUT2D eigenvalue weighted by molar-refractivity contribution is 7.99. The zero-order valence-corrected chi connectivity index (χ0v) is 17.4. The Hall–Kier alpha value is -0.460. The van der Waals surface area contributed by atoms with Crippen LogP contribution in [0, 0.1) is 18.8 Å². The lowest BCUT2D eigenvalue weighted by Crippen LogP contribution is -2.48. The van der Waals surface area contributed by atoms with Crippen LogP contribution in [0.25, 0.3) is 0 Å². The molecule has 1 atom stereocenters. The fraction of sp³-hybridized carbons (Fsp3) is 0.611. The zero-order valence-electron chi connectivity index (χ0n) is 14.9. The molecule has 1 amide bonds. The summed E-state index contributed by atoms with van der Waals surface area (Å²) in [4.78, 5) is 15.0. The van der Waals surface area contributed by atoms with Crippen molar-refractivity contribution in [2.45, 2.75) is 20.4 Å². The molecule has 2 aliphatic heterocycles. The fourth-order valence-electron chi connectivity index (χ4n) is 3.12. The number of nitrogens with zero attached hydrogens (tertiary/aromatic N) is 1. The van der Waals surface area contributed by atoms with Crippen molar-refractivity contribution in [2.24, 2.45) is 11.8 Å². The van der Waals surface area contributed by atoms with Crippen LogP contribution in [0.15, 0.2) is 18.2 Å². The first-order valence-corrected chi connectivity index (χ1v) is 9.71. The molecule has 4 nitrogen and oxygen atoms in total. The molecular formula is C18H29Cl2N3OS. The normalized spacial score (nSPS) is 19.1. The maximum absolute atomic E-state index is 12.4. The quantitative estimate of drug-likeness (QED) is 0.789. The van der Waals surface area contributed by atoms with Gasteiger partial charge in [-0.1, -0.05) is 19.1 Å². The molecule has 0 radical (unpaired) electrons. The maximum Gasteiger partial charge on any atom is 0.227 e. The maximum atomic E-state index is 12.4. The molecule has 2 saturated heterocycles. The van der Waals surface area contributed by atoms with E-state index in [1.807, 2.05) is 24.8 Å². The lowest BCUT2D eigenvalue weighted by atomic mass is 9.88. The molecule has 1 aromatic rings. The van der Waals surface area contributed by atoms with Crippen molar-refractivity contribution < 1.29 is 4.79 Å². The van der Waals surface area contributed by atoms with E-state index in [-0.39, 0.29) is 36.6 Å². The Bertz CT molecular complexity index is 563. The van der Waals surface area contributed by atoms with E-state index in [1.54, 1.807) is 0 Å². The number of benzene rings is 1. The molecule has 1 unspecified atom stereocenters. The predicted molar refractivity (Wildman–Crippen MR) is 112 cm³/mol. The molecule has 0 spiro atoms. The molecule has 1 aromatic carbocycles. The number of hydrogen-bond donors (Lipinski definition) is 2. The van der Waals surface area contributed by atoms with Gasteiger partial charge in [-0.15, -0.1) is 24.8 Å². The van der Waals surface area contributed by atoms with Gasteiger partial charge in [-0.05, 0) is 43.1 Å². The minimum Gasteiger partial charge on any atom is -0.326 e. The van der Waals surface area contributed by atoms with Gasteiger partial charge in [0.2, 0.25) is 5.91 Å². The average Bonchev–Trinajstić information content (AvgIpc) is 2.50. The van der Waals surface area contributed by atoms with Crippen LogP contribution in [0.5, 0.6) is 0 Å². The van der Waals surface area contributed by atoms with E-state index in [1.165, 1.54) is 22.6 Å². The number of carbonyl (C=O) groups excluding carboxylic acids is 1. The van der Waals surface area contributed by atoms with Crippen LogP contribution in [-0.2, 0) is 11.3 Å². The predicted octanol–water partition coefficient (Wildman–Crippen LogP) is 3.18. The first-order valence-electron chi connectivity index (χ1n) is 8.55. The van der Waals surface area contributed by atoms with Gasteiger partial charge in [-0.3, -0.25) is 9.69 Å². The Kier molecular flexibility index (Phi) is 9.60. The molecule has 0 saturated carbocycles. The second kappa shape index (κ2) is 10.6. The first kappa shape index (κ1) is 22.6. The summed E-state index contributed by atoms with van der Waals surface area (Å²) in [5, 5.41) is 6.39. The second-order valence-corrected chi connectivity index (χ2v) is 7.90. The first-order chi connectivity index (χ1) is 11.1. The number of hydrogen-bond acceptors (Lipinski definition) is 4. The van der Waals surface area contributed by atoms with Crippen LogP contribution in [0.3, 0.4) is 0 Å². The van der Waals surface area contributed by atoms with Gasteiger partial charge in [0.15, 0.2) is 0 Å². The Morgan fingerprint density at radius 2 is 2.00 bits per heavy atom. The standard InChI is InChI=1S/C18H27N3OS.2ClH/c1-13-15(12-21-6-8-23-9-7-21)4-3-5-17(13)20-18(22)14(2)16-10-19-11-16;;/h3-5,14,16,19H,6-12H2,1-2H3,(H,20,22);2*1H. The van der Waals surface area contributed by atoms with Crippen molar-refractivity contribution in [3.8, 4) is 0 Å². The van der Waals surface area contributed by atoms with Crippen LogP contribution in [0.1, 0.15) is 18.1 Å². The van der Waals surface area contributed by atoms with Gasteiger partial charge in [0.05, 0.1) is 0 Å². The Morgan fingerprint density at radius 3 is 2.60 bits per heavy atom. The van der Waals surface area contributed by atoms with E-state index in [9.17, 15) is 4.79 Å². The van der Waals surface area contributed by atoms with Gasteiger partial charge in [-0.2, -0.15) is 11.8 Å². The largest absolute Gasteiger partial charge is 0.326 e. The Balaban J connectivity index is 0.00000156. The Labute approximate surface area is 167 Å². The summed E-state index contributed by atoms with van der Waals surface area (Å²) in [6, 6.07) is 6.27. The van der Waals surface area contributed by atoms with Crippen LogP contribution in [-0.4, -0.2) is 48.5 Å². The summed E-state index contributed by atoms with van der Waals surface area (Å²) in [6.45, 7) is 9.38. The summed E-state index contributed by atoms with van der Waals surface area (Å²) in [6.07, 6.45) is 0. The number of carbonyl (C=O) groups is 1. The van der Waals surface area contributed by atoms with E-state index < -0.39 is 0 Å². The molecule has 142 valence electrons. The van der Waals surface area contributed by atoms with E-state index in [0.29, 0.717) is 5.92 Å². The minimum atomic E-state index is 0. The fourth-order valence-corrected chi connectivity index (χ4v) is 4.09. The lowest BCUT2D eigenvalue weighted by Gasteiger charge is -2.32. The molecule has 3 rings (SSSR count). The summed E-state index contributed by atoms with van der Waals surface area (Å²) in [5.41, 5.74) is 3.50. The summed E-state index contributed by atoms with van der Waals surface area (Å²) in [7, 11) is 0. The van der Waals surface area contributed by atoms with E-state index in [2.05, 4.69) is 34.6 Å². The average molecular weight is 406 g/mol. The molecule has 2 aliphatic rings. The smallest absolute Gasteiger partial charge is 0.227 e. The van der Waals surface area contributed by atoms with Gasteiger partial charge >= 0.3 is 0 Å². The van der Waals surface area contributed by atoms with E-state index >= 15 is 0 Å². The third-order valence-corrected chi connectivity index (χ3v) is 6.08. The molecule has 0 aromatic heterocycles. The van der Waals surface area contributed by atoms with Crippen molar-refractivity contribution in [1.82, 2.24) is 10.2 Å². The summed E-state index contributed by atoms with van der Waals surface area (Å²) < 4.78 is 0. The molecule has 25 heavy (non-hydrogen) atoms. The summed E-state index contributed by atoms with van der Waals surface area (Å²) in [5.74, 6) is 3.14. The highest BCUT2D eigenvalue weighted by atomic mass is 35.5. The van der Waals surface area contributed by atoms with Crippen molar-refractivity contribution in [2.75, 3.05) is 43.0 Å². The van der Waals surface area contributed by atoms with Gasteiger partial charge in [0.1, 0.15) is 0 Å². The number of amides is 1. The Morgan fingerprint density at radius 1 is 1.32 bits per heavy atom. The van der Waals surface area contributed by atoms with E-state index in [0.717, 1.165) is 38.4 Å². The molecule has 2 fully saturated rings. The van der Waals surface area contributed by atoms with Crippen molar-refractivity contribution in [1.29, 1.82) is 0 Å². The number of halogens is 2. The number of anilines is 1. The van der Waals surface area contributed by atoms with Crippen molar-refractivity contribution in [3.63, 3.8) is 0 Å². The minimum absolute atomic E-state index is 0. The van der Waals surface area contributed by atoms with Gasteiger partial charge < -0.3 is 10.6 Å². The van der Waals surface area contributed by atoms with Crippen LogP contribution >= 0.6 is 36.6 Å². The summed E-state index contributed by atoms with van der Waals surface area (Å²) >= 11 is 2.03. The number of nitrogens with one attached hydrogen (secondary N) is 2. The molecule has 0 bridgehead atoms. The van der Waals surface area contributed by atoms with Crippen molar-refractivity contribution in [3.05, 3.63) is 29.3 Å². The van der Waals surface area contributed by atoms with Gasteiger partial charge in [0.25, 0.3) is 0 Å². The second-order valence-electron chi connectivity index (χ2n) is 6.67. The number of thioether (sulfide) groups is 1.